The summed E-state index contributed by atoms with van der Waals surface area (Å²) in [6.45, 7) is 6.25. The van der Waals surface area contributed by atoms with Gasteiger partial charge in [0.15, 0.2) is 0 Å². The fraction of sp³-hybridized carbons (Fsp3) is 0.333. The number of carbonyl (C=O) groups is 1. The van der Waals surface area contributed by atoms with Crippen LogP contribution in [-0.4, -0.2) is 16.1 Å². The molecular weight excluding hydrogens is 226 g/mol. The molecular formula is C15H19NO2. The molecule has 0 aliphatic rings. The lowest BCUT2D eigenvalue weighted by Gasteiger charge is -2.02. The van der Waals surface area contributed by atoms with Gasteiger partial charge in [0.2, 0.25) is 0 Å². The number of allylic oxidation sites excluding steroid dienone is 4. The predicted molar refractivity (Wildman–Crippen MR) is 72.7 cm³/mol. The average Bonchev–Trinajstić information content (AvgIpc) is 2.36. The summed E-state index contributed by atoms with van der Waals surface area (Å²) in [7, 11) is 0. The van der Waals surface area contributed by atoms with Gasteiger partial charge in [0.1, 0.15) is 0 Å². The summed E-state index contributed by atoms with van der Waals surface area (Å²) < 4.78 is 0. The molecule has 0 bridgehead atoms. The van der Waals surface area contributed by atoms with Crippen molar-refractivity contribution in [2.45, 2.75) is 33.6 Å². The van der Waals surface area contributed by atoms with Crippen molar-refractivity contribution >= 4 is 5.97 Å². The predicted octanol–water partition coefficient (Wildman–Crippen LogP) is 3.62. The van der Waals surface area contributed by atoms with Crippen LogP contribution in [-0.2, 0) is 6.42 Å². The smallest absolute Gasteiger partial charge is 0.337 e. The van der Waals surface area contributed by atoms with E-state index in [9.17, 15) is 4.79 Å². The molecule has 3 heteroatoms. The maximum Gasteiger partial charge on any atom is 0.337 e. The highest BCUT2D eigenvalue weighted by atomic mass is 16.4. The standard InChI is InChI=1S/C15H19NO2/c1-4-11(2)5-6-12(3)7-13-8-14(15(17)18)10-16-9-13/h5-6,8-10H,4,7H2,1-3H3,(H,17,18)/b11-5+,12-6+. The molecule has 0 unspecified atom stereocenters. The summed E-state index contributed by atoms with van der Waals surface area (Å²) in [4.78, 5) is 14.8. The summed E-state index contributed by atoms with van der Waals surface area (Å²) in [5.41, 5.74) is 3.67. The van der Waals surface area contributed by atoms with Gasteiger partial charge in [-0.05, 0) is 38.3 Å². The minimum Gasteiger partial charge on any atom is -0.478 e. The van der Waals surface area contributed by atoms with E-state index in [1.165, 1.54) is 17.3 Å². The van der Waals surface area contributed by atoms with Gasteiger partial charge < -0.3 is 5.11 Å². The fourth-order valence-corrected chi connectivity index (χ4v) is 1.48. The van der Waals surface area contributed by atoms with Crippen molar-refractivity contribution in [3.05, 3.63) is 52.9 Å². The molecule has 0 aromatic carbocycles. The Kier molecular flexibility index (Phi) is 5.31. The Balaban J connectivity index is 2.79. The number of rotatable bonds is 5. The molecule has 0 spiro atoms. The molecule has 0 fully saturated rings. The summed E-state index contributed by atoms with van der Waals surface area (Å²) >= 11 is 0. The van der Waals surface area contributed by atoms with Crippen molar-refractivity contribution in [2.24, 2.45) is 0 Å². The van der Waals surface area contributed by atoms with Crippen LogP contribution in [0.4, 0.5) is 0 Å². The van der Waals surface area contributed by atoms with Crippen LogP contribution in [0, 0.1) is 0 Å². The third-order valence-corrected chi connectivity index (χ3v) is 2.73. The van der Waals surface area contributed by atoms with E-state index in [4.69, 9.17) is 5.11 Å². The molecule has 1 N–H and O–H groups in total. The summed E-state index contributed by atoms with van der Waals surface area (Å²) in [5.74, 6) is -0.937. The molecule has 1 aromatic rings. The van der Waals surface area contributed by atoms with E-state index in [0.717, 1.165) is 18.4 Å². The van der Waals surface area contributed by atoms with Crippen LogP contribution >= 0.6 is 0 Å². The molecule has 0 amide bonds. The Labute approximate surface area is 108 Å². The number of carboxylic acid groups (broad SMARTS) is 1. The topological polar surface area (TPSA) is 50.2 Å². The van der Waals surface area contributed by atoms with Crippen molar-refractivity contribution < 1.29 is 9.90 Å². The molecule has 0 radical (unpaired) electrons. The molecule has 0 aliphatic heterocycles. The van der Waals surface area contributed by atoms with Crippen LogP contribution < -0.4 is 0 Å². The van der Waals surface area contributed by atoms with E-state index in [1.54, 1.807) is 12.3 Å². The first-order valence-electron chi connectivity index (χ1n) is 6.03. The van der Waals surface area contributed by atoms with Crippen LogP contribution in [0.5, 0.6) is 0 Å². The number of aromatic carboxylic acids is 1. The van der Waals surface area contributed by atoms with Crippen LogP contribution in [0.2, 0.25) is 0 Å². The molecule has 1 rings (SSSR count). The first-order chi connectivity index (χ1) is 8.52. The van der Waals surface area contributed by atoms with Crippen molar-refractivity contribution in [3.8, 4) is 0 Å². The van der Waals surface area contributed by atoms with Gasteiger partial charge in [0.05, 0.1) is 5.56 Å². The molecule has 0 atom stereocenters. The molecule has 0 saturated carbocycles. The second-order valence-electron chi connectivity index (χ2n) is 4.44. The molecule has 0 saturated heterocycles. The Hall–Kier alpha value is -1.90. The molecule has 1 heterocycles. The zero-order valence-corrected chi connectivity index (χ0v) is 11.1. The largest absolute Gasteiger partial charge is 0.478 e. The van der Waals surface area contributed by atoms with Crippen molar-refractivity contribution in [2.75, 3.05) is 0 Å². The van der Waals surface area contributed by atoms with Crippen molar-refractivity contribution in [1.29, 1.82) is 0 Å². The maximum absolute atomic E-state index is 10.8. The Morgan fingerprint density at radius 3 is 2.56 bits per heavy atom. The fourth-order valence-electron chi connectivity index (χ4n) is 1.48. The first-order valence-corrected chi connectivity index (χ1v) is 6.03. The van der Waals surface area contributed by atoms with E-state index in [1.807, 2.05) is 6.92 Å². The zero-order valence-electron chi connectivity index (χ0n) is 11.1. The van der Waals surface area contributed by atoms with Gasteiger partial charge in [-0.3, -0.25) is 4.98 Å². The van der Waals surface area contributed by atoms with Gasteiger partial charge in [-0.2, -0.15) is 0 Å². The Morgan fingerprint density at radius 2 is 1.94 bits per heavy atom. The number of hydrogen-bond donors (Lipinski definition) is 1. The van der Waals surface area contributed by atoms with Crippen molar-refractivity contribution in [1.82, 2.24) is 4.98 Å². The second kappa shape index (κ2) is 6.74. The number of carboxylic acids is 1. The third-order valence-electron chi connectivity index (χ3n) is 2.73. The van der Waals surface area contributed by atoms with Crippen LogP contribution in [0.25, 0.3) is 0 Å². The van der Waals surface area contributed by atoms with Crippen LogP contribution in [0.15, 0.2) is 41.8 Å². The number of nitrogens with zero attached hydrogens (tertiary/aromatic N) is 1. The number of aromatic nitrogens is 1. The van der Waals surface area contributed by atoms with Gasteiger partial charge in [0, 0.05) is 12.4 Å². The molecule has 3 nitrogen and oxygen atoms in total. The molecule has 1 aromatic heterocycles. The lowest BCUT2D eigenvalue weighted by Crippen LogP contribution is -1.99. The average molecular weight is 245 g/mol. The lowest BCUT2D eigenvalue weighted by molar-refractivity contribution is 0.0696. The van der Waals surface area contributed by atoms with E-state index in [0.29, 0.717) is 0 Å². The maximum atomic E-state index is 10.8. The number of hydrogen-bond acceptors (Lipinski definition) is 2. The van der Waals surface area contributed by atoms with Gasteiger partial charge in [0.25, 0.3) is 0 Å². The Morgan fingerprint density at radius 1 is 1.28 bits per heavy atom. The summed E-state index contributed by atoms with van der Waals surface area (Å²) in [5, 5.41) is 8.89. The number of pyridine rings is 1. The highest BCUT2D eigenvalue weighted by Crippen LogP contribution is 2.10. The summed E-state index contributed by atoms with van der Waals surface area (Å²) in [6, 6.07) is 1.67. The minimum atomic E-state index is -0.937. The molecule has 0 aliphatic carbocycles. The highest BCUT2D eigenvalue weighted by Gasteiger charge is 2.04. The van der Waals surface area contributed by atoms with Gasteiger partial charge in [-0.25, -0.2) is 4.79 Å². The SMILES string of the molecule is CC/C(C)=C/C=C(\C)Cc1cncc(C(=O)O)c1. The lowest BCUT2D eigenvalue weighted by atomic mass is 10.1. The van der Waals surface area contributed by atoms with Crippen LogP contribution in [0.1, 0.15) is 43.1 Å². The van der Waals surface area contributed by atoms with E-state index >= 15 is 0 Å². The molecule has 18 heavy (non-hydrogen) atoms. The highest BCUT2D eigenvalue weighted by molar-refractivity contribution is 5.87. The monoisotopic (exact) mass is 245 g/mol. The normalized spacial score (nSPS) is 12.6. The van der Waals surface area contributed by atoms with Gasteiger partial charge >= 0.3 is 5.97 Å². The van der Waals surface area contributed by atoms with Crippen molar-refractivity contribution in [3.63, 3.8) is 0 Å². The first kappa shape index (κ1) is 14.2. The quantitative estimate of drug-likeness (QED) is 0.806. The van der Waals surface area contributed by atoms with Crippen LogP contribution in [0.3, 0.4) is 0 Å². The second-order valence-corrected chi connectivity index (χ2v) is 4.44. The van der Waals surface area contributed by atoms with E-state index in [2.05, 4.69) is 31.0 Å². The Bertz CT molecular complexity index is 487. The van der Waals surface area contributed by atoms with Gasteiger partial charge in [-0.15, -0.1) is 0 Å². The van der Waals surface area contributed by atoms with E-state index in [-0.39, 0.29) is 5.56 Å². The third kappa shape index (κ3) is 4.53. The molecule has 96 valence electrons. The van der Waals surface area contributed by atoms with E-state index < -0.39 is 5.97 Å². The minimum absolute atomic E-state index is 0.237. The van der Waals surface area contributed by atoms with Gasteiger partial charge in [-0.1, -0.05) is 30.2 Å². The summed E-state index contributed by atoms with van der Waals surface area (Å²) in [6.07, 6.45) is 9.02. The zero-order chi connectivity index (χ0) is 13.5.